The average molecular weight is 298 g/mol. The van der Waals surface area contributed by atoms with Gasteiger partial charge in [-0.15, -0.1) is 11.3 Å². The molecule has 0 saturated heterocycles. The van der Waals surface area contributed by atoms with E-state index in [1.54, 1.807) is 17.5 Å². The van der Waals surface area contributed by atoms with Crippen LogP contribution in [0, 0.1) is 0 Å². The van der Waals surface area contributed by atoms with E-state index in [-0.39, 0.29) is 0 Å². The van der Waals surface area contributed by atoms with Crippen LogP contribution in [0.2, 0.25) is 0 Å². The highest BCUT2D eigenvalue weighted by Gasteiger charge is 2.10. The van der Waals surface area contributed by atoms with Crippen LogP contribution in [0.3, 0.4) is 0 Å². The van der Waals surface area contributed by atoms with Crippen molar-refractivity contribution in [1.29, 1.82) is 0 Å². The summed E-state index contributed by atoms with van der Waals surface area (Å²) < 4.78 is 0. The molecule has 0 saturated carbocycles. The monoisotopic (exact) mass is 298 g/mol. The average Bonchev–Trinajstić information content (AvgIpc) is 2.96. The highest BCUT2D eigenvalue weighted by Crippen LogP contribution is 2.29. The van der Waals surface area contributed by atoms with E-state index >= 15 is 0 Å². The van der Waals surface area contributed by atoms with Crippen molar-refractivity contribution in [3.8, 4) is 0 Å². The minimum absolute atomic E-state index is 0.723. The normalized spacial score (nSPS) is 11.0. The molecule has 0 fully saturated rings. The first-order valence-corrected chi connectivity index (χ1v) is 8.04. The van der Waals surface area contributed by atoms with E-state index in [4.69, 9.17) is 0 Å². The van der Waals surface area contributed by atoms with Gasteiger partial charge in [0.1, 0.15) is 16.5 Å². The van der Waals surface area contributed by atoms with E-state index in [0.29, 0.717) is 0 Å². The second-order valence-electron chi connectivity index (χ2n) is 4.84. The zero-order valence-corrected chi connectivity index (χ0v) is 13.1. The van der Waals surface area contributed by atoms with Gasteiger partial charge in [0.15, 0.2) is 0 Å². The molecule has 3 heterocycles. The molecular formula is C16H18N4S. The second-order valence-corrected chi connectivity index (χ2v) is 5.96. The SMILES string of the molecule is CCc1nc(NCc2cccnc2)c2cc(CC)sc2n1. The lowest BCUT2D eigenvalue weighted by Gasteiger charge is -2.08. The molecule has 0 spiro atoms. The standard InChI is InChI=1S/C16H18N4S/c1-3-12-8-13-15(18-10-11-6-5-7-17-9-11)19-14(4-2)20-16(13)21-12/h5-9H,3-4,10H2,1-2H3,(H,18,19,20). The van der Waals surface area contributed by atoms with Gasteiger partial charge in [0.05, 0.1) is 5.39 Å². The van der Waals surface area contributed by atoms with Crippen molar-refractivity contribution in [2.24, 2.45) is 0 Å². The molecule has 0 aliphatic heterocycles. The Labute approximate surface area is 128 Å². The van der Waals surface area contributed by atoms with Gasteiger partial charge in [-0.3, -0.25) is 4.98 Å². The molecule has 0 bridgehead atoms. The maximum atomic E-state index is 4.65. The van der Waals surface area contributed by atoms with E-state index in [9.17, 15) is 0 Å². The Bertz CT molecular complexity index is 737. The Morgan fingerprint density at radius 3 is 2.81 bits per heavy atom. The Hall–Kier alpha value is -2.01. The van der Waals surface area contributed by atoms with Crippen molar-refractivity contribution >= 4 is 27.4 Å². The van der Waals surface area contributed by atoms with Crippen LogP contribution in [0.4, 0.5) is 5.82 Å². The van der Waals surface area contributed by atoms with Crippen molar-refractivity contribution in [2.75, 3.05) is 5.32 Å². The number of nitrogens with zero attached hydrogens (tertiary/aromatic N) is 3. The summed E-state index contributed by atoms with van der Waals surface area (Å²) in [5, 5.41) is 4.55. The first kappa shape index (κ1) is 13.9. The summed E-state index contributed by atoms with van der Waals surface area (Å²) in [6.07, 6.45) is 5.53. The lowest BCUT2D eigenvalue weighted by Crippen LogP contribution is -2.04. The first-order valence-electron chi connectivity index (χ1n) is 7.22. The molecule has 3 aromatic heterocycles. The zero-order valence-electron chi connectivity index (χ0n) is 12.3. The van der Waals surface area contributed by atoms with Gasteiger partial charge in [-0.25, -0.2) is 9.97 Å². The van der Waals surface area contributed by atoms with Gasteiger partial charge in [0.25, 0.3) is 0 Å². The number of fused-ring (bicyclic) bond motifs is 1. The molecular weight excluding hydrogens is 280 g/mol. The van der Waals surface area contributed by atoms with E-state index < -0.39 is 0 Å². The number of anilines is 1. The molecule has 0 aliphatic carbocycles. The zero-order chi connectivity index (χ0) is 14.7. The number of thiophene rings is 1. The summed E-state index contributed by atoms with van der Waals surface area (Å²) in [5.41, 5.74) is 1.15. The van der Waals surface area contributed by atoms with Gasteiger partial charge in [0, 0.05) is 30.2 Å². The molecule has 0 radical (unpaired) electrons. The molecule has 4 nitrogen and oxygen atoms in total. The Kier molecular flexibility index (Phi) is 4.10. The van der Waals surface area contributed by atoms with Gasteiger partial charge in [-0.05, 0) is 24.1 Å². The molecule has 0 unspecified atom stereocenters. The van der Waals surface area contributed by atoms with Crippen LogP contribution in [-0.4, -0.2) is 15.0 Å². The summed E-state index contributed by atoms with van der Waals surface area (Å²) in [5.74, 6) is 1.82. The third kappa shape index (κ3) is 3.03. The summed E-state index contributed by atoms with van der Waals surface area (Å²) in [7, 11) is 0. The summed E-state index contributed by atoms with van der Waals surface area (Å²) >= 11 is 1.76. The highest BCUT2D eigenvalue weighted by molar-refractivity contribution is 7.18. The predicted octanol–water partition coefficient (Wildman–Crippen LogP) is 3.82. The first-order chi connectivity index (χ1) is 10.3. The largest absolute Gasteiger partial charge is 0.365 e. The van der Waals surface area contributed by atoms with E-state index in [1.807, 2.05) is 12.3 Å². The highest BCUT2D eigenvalue weighted by atomic mass is 32.1. The Balaban J connectivity index is 1.94. The number of aromatic nitrogens is 3. The van der Waals surface area contributed by atoms with Crippen LogP contribution < -0.4 is 5.32 Å². The van der Waals surface area contributed by atoms with Crippen molar-refractivity contribution in [3.63, 3.8) is 0 Å². The van der Waals surface area contributed by atoms with Crippen molar-refractivity contribution in [1.82, 2.24) is 15.0 Å². The number of aryl methyl sites for hydroxylation is 2. The van der Waals surface area contributed by atoms with E-state index in [0.717, 1.165) is 46.8 Å². The quantitative estimate of drug-likeness (QED) is 0.778. The minimum Gasteiger partial charge on any atom is -0.365 e. The fourth-order valence-electron chi connectivity index (χ4n) is 2.17. The lowest BCUT2D eigenvalue weighted by atomic mass is 10.2. The molecule has 0 amide bonds. The van der Waals surface area contributed by atoms with Gasteiger partial charge < -0.3 is 5.32 Å². The van der Waals surface area contributed by atoms with Crippen molar-refractivity contribution in [3.05, 3.63) is 46.9 Å². The molecule has 0 aromatic carbocycles. The summed E-state index contributed by atoms with van der Waals surface area (Å²) in [6, 6.07) is 6.21. The molecule has 108 valence electrons. The van der Waals surface area contributed by atoms with E-state index in [1.165, 1.54) is 4.88 Å². The van der Waals surface area contributed by atoms with E-state index in [2.05, 4.69) is 46.2 Å². The summed E-state index contributed by atoms with van der Waals surface area (Å²) in [6.45, 7) is 4.97. The third-order valence-electron chi connectivity index (χ3n) is 3.34. The Morgan fingerprint density at radius 1 is 1.19 bits per heavy atom. The molecule has 1 N–H and O–H groups in total. The second kappa shape index (κ2) is 6.18. The molecule has 3 aromatic rings. The molecule has 21 heavy (non-hydrogen) atoms. The fraction of sp³-hybridized carbons (Fsp3) is 0.312. The topological polar surface area (TPSA) is 50.7 Å². The number of hydrogen-bond donors (Lipinski definition) is 1. The van der Waals surface area contributed by atoms with Crippen LogP contribution in [-0.2, 0) is 19.4 Å². The number of rotatable bonds is 5. The van der Waals surface area contributed by atoms with Crippen molar-refractivity contribution in [2.45, 2.75) is 33.2 Å². The molecule has 0 aliphatic rings. The summed E-state index contributed by atoms with van der Waals surface area (Å²) in [4.78, 5) is 15.8. The van der Waals surface area contributed by atoms with Crippen LogP contribution in [0.15, 0.2) is 30.6 Å². The number of hydrogen-bond acceptors (Lipinski definition) is 5. The maximum absolute atomic E-state index is 4.65. The maximum Gasteiger partial charge on any atom is 0.138 e. The molecule has 5 heteroatoms. The number of pyridine rings is 1. The predicted molar refractivity (Wildman–Crippen MR) is 87.7 cm³/mol. The van der Waals surface area contributed by atoms with Gasteiger partial charge in [-0.2, -0.15) is 0 Å². The van der Waals surface area contributed by atoms with Crippen LogP contribution in [0.5, 0.6) is 0 Å². The number of nitrogens with one attached hydrogen (secondary N) is 1. The van der Waals surface area contributed by atoms with Crippen LogP contribution in [0.1, 0.15) is 30.1 Å². The fourth-order valence-corrected chi connectivity index (χ4v) is 3.16. The lowest BCUT2D eigenvalue weighted by molar-refractivity contribution is 0.956. The van der Waals surface area contributed by atoms with Crippen molar-refractivity contribution < 1.29 is 0 Å². The third-order valence-corrected chi connectivity index (χ3v) is 4.51. The van der Waals surface area contributed by atoms with Gasteiger partial charge in [-0.1, -0.05) is 19.9 Å². The Morgan fingerprint density at radius 2 is 2.10 bits per heavy atom. The molecule has 0 atom stereocenters. The minimum atomic E-state index is 0.723. The van der Waals surface area contributed by atoms with Gasteiger partial charge >= 0.3 is 0 Å². The molecule has 3 rings (SSSR count). The van der Waals surface area contributed by atoms with Gasteiger partial charge in [0.2, 0.25) is 0 Å². The van der Waals surface area contributed by atoms with Crippen LogP contribution in [0.25, 0.3) is 10.2 Å². The smallest absolute Gasteiger partial charge is 0.138 e. The van der Waals surface area contributed by atoms with Crippen LogP contribution >= 0.6 is 11.3 Å².